The van der Waals surface area contributed by atoms with Crippen LogP contribution < -0.4 is 0 Å². The van der Waals surface area contributed by atoms with E-state index in [1.54, 1.807) is 6.08 Å². The zero-order valence-electron chi connectivity index (χ0n) is 30.2. The molecule has 0 spiro atoms. The molecule has 10 atom stereocenters. The van der Waals surface area contributed by atoms with Crippen molar-refractivity contribution in [3.8, 4) is 0 Å². The molecule has 4 aromatic rings. The minimum Gasteiger partial charge on any atom is -0.394 e. The van der Waals surface area contributed by atoms with Crippen LogP contribution >= 0.6 is 0 Å². The van der Waals surface area contributed by atoms with E-state index >= 15 is 0 Å². The number of aliphatic hydroxyl groups excluding tert-OH is 3. The predicted molar refractivity (Wildman–Crippen MR) is 199 cm³/mol. The van der Waals surface area contributed by atoms with Gasteiger partial charge in [-0.1, -0.05) is 127 Å². The standard InChI is InChI=1S/C43H50O11/c1-2-23-47-42-41(51-29-33-21-13-6-14-22-33)40(38(35(25-45)52-42)49-27-31-17-9-4-10-18-31)54-43-39(50-28-32-19-11-5-12-20-32)36(46)37(34(24-44)53-43)48-26-30-15-7-3-8-16-30/h2-22,34-46H,1,23-29H2/t34-,35-,36+,37+,38+,39-,40+,41-,42-,43+/m1/s1. The van der Waals surface area contributed by atoms with E-state index in [2.05, 4.69) is 6.58 Å². The summed E-state index contributed by atoms with van der Waals surface area (Å²) in [6, 6.07) is 38.3. The van der Waals surface area contributed by atoms with Crippen molar-refractivity contribution in [2.75, 3.05) is 19.8 Å². The average Bonchev–Trinajstić information content (AvgIpc) is 3.22. The Labute approximate surface area is 316 Å². The van der Waals surface area contributed by atoms with Crippen LogP contribution in [0.1, 0.15) is 22.3 Å². The third-order valence-electron chi connectivity index (χ3n) is 9.38. The molecule has 2 heterocycles. The molecule has 11 nitrogen and oxygen atoms in total. The lowest BCUT2D eigenvalue weighted by molar-refractivity contribution is -0.374. The van der Waals surface area contributed by atoms with E-state index in [4.69, 9.17) is 37.9 Å². The first-order valence-electron chi connectivity index (χ1n) is 18.3. The molecule has 0 aliphatic carbocycles. The van der Waals surface area contributed by atoms with Crippen molar-refractivity contribution in [2.45, 2.75) is 87.8 Å². The fourth-order valence-electron chi connectivity index (χ4n) is 6.61. The van der Waals surface area contributed by atoms with Crippen molar-refractivity contribution in [1.29, 1.82) is 0 Å². The van der Waals surface area contributed by atoms with Crippen molar-refractivity contribution < 1.29 is 53.2 Å². The molecule has 288 valence electrons. The van der Waals surface area contributed by atoms with Gasteiger partial charge in [0.2, 0.25) is 0 Å². The predicted octanol–water partition coefficient (Wildman–Crippen LogP) is 4.71. The van der Waals surface area contributed by atoms with E-state index in [1.165, 1.54) is 0 Å². The van der Waals surface area contributed by atoms with Crippen LogP contribution in [0.5, 0.6) is 0 Å². The van der Waals surface area contributed by atoms with Crippen LogP contribution in [0.3, 0.4) is 0 Å². The molecule has 2 aliphatic rings. The Hall–Kier alpha value is -3.82. The largest absolute Gasteiger partial charge is 0.394 e. The first-order valence-corrected chi connectivity index (χ1v) is 18.3. The number of benzene rings is 4. The molecular formula is C43H50O11. The molecule has 0 saturated carbocycles. The van der Waals surface area contributed by atoms with Crippen LogP contribution in [0, 0.1) is 0 Å². The third-order valence-corrected chi connectivity index (χ3v) is 9.38. The summed E-state index contributed by atoms with van der Waals surface area (Å²) in [7, 11) is 0. The lowest BCUT2D eigenvalue weighted by Crippen LogP contribution is -2.66. The fourth-order valence-corrected chi connectivity index (χ4v) is 6.61. The highest BCUT2D eigenvalue weighted by Gasteiger charge is 2.54. The van der Waals surface area contributed by atoms with Gasteiger partial charge in [-0.15, -0.1) is 6.58 Å². The molecule has 11 heteroatoms. The summed E-state index contributed by atoms with van der Waals surface area (Å²) in [4.78, 5) is 0. The number of hydrogen-bond acceptors (Lipinski definition) is 11. The van der Waals surface area contributed by atoms with Crippen LogP contribution in [-0.2, 0) is 64.3 Å². The summed E-state index contributed by atoms with van der Waals surface area (Å²) in [6.07, 6.45) is -8.76. The summed E-state index contributed by atoms with van der Waals surface area (Å²) in [5, 5.41) is 33.3. The molecule has 4 aromatic carbocycles. The molecule has 2 aliphatic heterocycles. The Balaban J connectivity index is 1.33. The second-order valence-electron chi connectivity index (χ2n) is 13.2. The van der Waals surface area contributed by atoms with E-state index < -0.39 is 74.6 Å². The van der Waals surface area contributed by atoms with Crippen LogP contribution in [0.25, 0.3) is 0 Å². The Morgan fingerprint density at radius 1 is 0.481 bits per heavy atom. The van der Waals surface area contributed by atoms with Crippen LogP contribution in [0.15, 0.2) is 134 Å². The molecule has 0 bridgehead atoms. The molecule has 54 heavy (non-hydrogen) atoms. The highest BCUT2D eigenvalue weighted by Crippen LogP contribution is 2.35. The number of ether oxygens (including phenoxy) is 8. The lowest BCUT2D eigenvalue weighted by Gasteiger charge is -2.49. The van der Waals surface area contributed by atoms with Crippen LogP contribution in [0.2, 0.25) is 0 Å². The third kappa shape index (κ3) is 10.7. The first kappa shape index (κ1) is 39.9. The van der Waals surface area contributed by atoms with Crippen LogP contribution in [-0.4, -0.2) is 96.6 Å². The normalized spacial score (nSPS) is 28.4. The van der Waals surface area contributed by atoms with Gasteiger partial charge >= 0.3 is 0 Å². The molecule has 0 radical (unpaired) electrons. The fraction of sp³-hybridized carbons (Fsp3) is 0.395. The SMILES string of the molecule is C=CCO[C@@H]1O[C@H](CO)[C@H](OCc2ccccc2)[C@H](O[C@@H]2O[C@H](CO)[C@H](OCc3ccccc3)[C@H](O)[C@H]2OCc2ccccc2)[C@H]1OCc1ccccc1. The Morgan fingerprint density at radius 3 is 1.31 bits per heavy atom. The maximum Gasteiger partial charge on any atom is 0.187 e. The number of aliphatic hydroxyl groups is 3. The molecular weight excluding hydrogens is 692 g/mol. The van der Waals surface area contributed by atoms with Gasteiger partial charge in [0.05, 0.1) is 46.2 Å². The molecule has 2 fully saturated rings. The van der Waals surface area contributed by atoms with Crippen molar-refractivity contribution in [3.63, 3.8) is 0 Å². The van der Waals surface area contributed by atoms with Gasteiger partial charge in [0, 0.05) is 0 Å². The summed E-state index contributed by atoms with van der Waals surface area (Å²) < 4.78 is 51.4. The number of rotatable bonds is 19. The van der Waals surface area contributed by atoms with Crippen LogP contribution in [0.4, 0.5) is 0 Å². The summed E-state index contributed by atoms with van der Waals surface area (Å²) in [5.74, 6) is 0. The van der Waals surface area contributed by atoms with E-state index in [0.29, 0.717) is 0 Å². The van der Waals surface area contributed by atoms with Gasteiger partial charge in [-0.3, -0.25) is 0 Å². The smallest absolute Gasteiger partial charge is 0.187 e. The van der Waals surface area contributed by atoms with Gasteiger partial charge in [0.1, 0.15) is 48.8 Å². The summed E-state index contributed by atoms with van der Waals surface area (Å²) >= 11 is 0. The van der Waals surface area contributed by atoms with Gasteiger partial charge in [-0.25, -0.2) is 0 Å². The van der Waals surface area contributed by atoms with E-state index in [0.717, 1.165) is 22.3 Å². The van der Waals surface area contributed by atoms with E-state index in [1.807, 2.05) is 121 Å². The maximum absolute atomic E-state index is 12.0. The van der Waals surface area contributed by atoms with Gasteiger partial charge < -0.3 is 53.2 Å². The van der Waals surface area contributed by atoms with E-state index in [9.17, 15) is 15.3 Å². The quantitative estimate of drug-likeness (QED) is 0.115. The first-order chi connectivity index (χ1) is 26.6. The second-order valence-corrected chi connectivity index (χ2v) is 13.2. The van der Waals surface area contributed by atoms with Crippen molar-refractivity contribution in [3.05, 3.63) is 156 Å². The van der Waals surface area contributed by atoms with Crippen molar-refractivity contribution >= 4 is 0 Å². The monoisotopic (exact) mass is 742 g/mol. The van der Waals surface area contributed by atoms with Gasteiger partial charge in [-0.2, -0.15) is 0 Å². The van der Waals surface area contributed by atoms with Gasteiger partial charge in [-0.05, 0) is 22.3 Å². The molecule has 0 amide bonds. The molecule has 3 N–H and O–H groups in total. The zero-order chi connectivity index (χ0) is 37.5. The summed E-state index contributed by atoms with van der Waals surface area (Å²) in [5.41, 5.74) is 3.55. The van der Waals surface area contributed by atoms with E-state index in [-0.39, 0.29) is 33.0 Å². The highest BCUT2D eigenvalue weighted by molar-refractivity contribution is 5.16. The lowest BCUT2D eigenvalue weighted by atomic mass is 9.96. The number of hydrogen-bond donors (Lipinski definition) is 3. The minimum atomic E-state index is -1.29. The topological polar surface area (TPSA) is 135 Å². The molecule has 0 unspecified atom stereocenters. The molecule has 0 aromatic heterocycles. The Morgan fingerprint density at radius 2 is 0.870 bits per heavy atom. The average molecular weight is 743 g/mol. The minimum absolute atomic E-state index is 0.126. The molecule has 2 saturated heterocycles. The highest BCUT2D eigenvalue weighted by atomic mass is 16.8. The van der Waals surface area contributed by atoms with Gasteiger partial charge in [0.25, 0.3) is 0 Å². The maximum atomic E-state index is 12.0. The van der Waals surface area contributed by atoms with Gasteiger partial charge in [0.15, 0.2) is 12.6 Å². The molecule has 6 rings (SSSR count). The second kappa shape index (κ2) is 20.7. The summed E-state index contributed by atoms with van der Waals surface area (Å²) in [6.45, 7) is 3.67. The zero-order valence-corrected chi connectivity index (χ0v) is 30.2. The Kier molecular flexibility index (Phi) is 15.3. The Bertz CT molecular complexity index is 1630. The van der Waals surface area contributed by atoms with Crippen molar-refractivity contribution in [2.24, 2.45) is 0 Å². The van der Waals surface area contributed by atoms with Crippen molar-refractivity contribution in [1.82, 2.24) is 0 Å².